The lowest BCUT2D eigenvalue weighted by atomic mass is 10.1. The van der Waals surface area contributed by atoms with Gasteiger partial charge in [-0.2, -0.15) is 0 Å². The van der Waals surface area contributed by atoms with Crippen LogP contribution in [0.4, 0.5) is 0 Å². The molecule has 7 heteroatoms. The summed E-state index contributed by atoms with van der Waals surface area (Å²) < 4.78 is 22.9. The van der Waals surface area contributed by atoms with E-state index in [0.29, 0.717) is 29.4 Å². The second-order valence-corrected chi connectivity index (χ2v) is 6.37. The van der Waals surface area contributed by atoms with Crippen molar-refractivity contribution >= 4 is 16.7 Å². The van der Waals surface area contributed by atoms with Crippen molar-refractivity contribution in [1.29, 1.82) is 0 Å². The number of rotatable bonds is 8. The Bertz CT molecular complexity index is 545. The highest BCUT2D eigenvalue weighted by Crippen LogP contribution is 2.31. The van der Waals surface area contributed by atoms with Gasteiger partial charge < -0.3 is 19.9 Å². The van der Waals surface area contributed by atoms with E-state index >= 15 is 0 Å². The van der Waals surface area contributed by atoms with Crippen molar-refractivity contribution in [2.45, 2.75) is 31.3 Å². The molecule has 0 aliphatic rings. The molecule has 0 bridgehead atoms. The molecular weight excluding hydrogens is 306 g/mol. The Balaban J connectivity index is 3.06. The van der Waals surface area contributed by atoms with E-state index in [1.54, 1.807) is 19.1 Å². The van der Waals surface area contributed by atoms with Gasteiger partial charge in [-0.3, -0.25) is 9.00 Å². The van der Waals surface area contributed by atoms with Gasteiger partial charge in [0.05, 0.1) is 41.8 Å². The predicted octanol–water partition coefficient (Wildman–Crippen LogP) is 0.871. The quantitative estimate of drug-likeness (QED) is 0.739. The van der Waals surface area contributed by atoms with E-state index in [1.807, 2.05) is 0 Å². The minimum Gasteiger partial charge on any atom is -0.496 e. The summed E-state index contributed by atoms with van der Waals surface area (Å²) in [6, 6.07) is 3.43. The zero-order valence-corrected chi connectivity index (χ0v) is 14.2. The second-order valence-electron chi connectivity index (χ2n) is 4.91. The number of amides is 1. The molecule has 6 nitrogen and oxygen atoms in total. The molecule has 22 heavy (non-hydrogen) atoms. The van der Waals surface area contributed by atoms with E-state index in [2.05, 4.69) is 5.32 Å². The van der Waals surface area contributed by atoms with E-state index < -0.39 is 16.9 Å². The molecule has 0 saturated heterocycles. The number of hydrogen-bond donors (Lipinski definition) is 2. The molecule has 1 rings (SSSR count). The Kier molecular flexibility index (Phi) is 7.34. The monoisotopic (exact) mass is 329 g/mol. The molecule has 0 aliphatic carbocycles. The van der Waals surface area contributed by atoms with E-state index in [4.69, 9.17) is 9.47 Å². The molecule has 124 valence electrons. The smallest absolute Gasteiger partial charge is 0.216 e. The van der Waals surface area contributed by atoms with Gasteiger partial charge in [0.15, 0.2) is 0 Å². The molecule has 0 spiro atoms. The summed E-state index contributed by atoms with van der Waals surface area (Å²) >= 11 is 0. The van der Waals surface area contributed by atoms with Gasteiger partial charge in [-0.15, -0.1) is 0 Å². The van der Waals surface area contributed by atoms with Crippen LogP contribution in [0.15, 0.2) is 17.0 Å². The van der Waals surface area contributed by atoms with Gasteiger partial charge in [0.1, 0.15) is 11.5 Å². The normalized spacial score (nSPS) is 13.3. The van der Waals surface area contributed by atoms with Crippen LogP contribution in [-0.4, -0.2) is 47.8 Å². The predicted molar refractivity (Wildman–Crippen MR) is 84.9 cm³/mol. The van der Waals surface area contributed by atoms with E-state index in [0.717, 1.165) is 5.56 Å². The molecule has 2 unspecified atom stereocenters. The fourth-order valence-electron chi connectivity index (χ4n) is 1.99. The highest BCUT2D eigenvalue weighted by molar-refractivity contribution is 7.85. The Morgan fingerprint density at radius 2 is 1.95 bits per heavy atom. The van der Waals surface area contributed by atoms with E-state index in [-0.39, 0.29) is 11.7 Å². The summed E-state index contributed by atoms with van der Waals surface area (Å²) in [6.45, 7) is 3.52. The van der Waals surface area contributed by atoms with Crippen molar-refractivity contribution in [2.24, 2.45) is 0 Å². The maximum Gasteiger partial charge on any atom is 0.216 e. The Morgan fingerprint density at radius 3 is 2.45 bits per heavy atom. The molecule has 2 N–H and O–H groups in total. The largest absolute Gasteiger partial charge is 0.496 e. The summed E-state index contributed by atoms with van der Waals surface area (Å²) in [6.07, 6.45) is -0.0985. The number of ether oxygens (including phenoxy) is 2. The van der Waals surface area contributed by atoms with Gasteiger partial charge >= 0.3 is 0 Å². The summed E-state index contributed by atoms with van der Waals surface area (Å²) in [5, 5.41) is 12.1. The first kappa shape index (κ1) is 18.4. The molecule has 0 saturated carbocycles. The Hall–Kier alpha value is -1.60. The lowest BCUT2D eigenvalue weighted by molar-refractivity contribution is -0.118. The number of nitrogens with one attached hydrogen (secondary N) is 1. The van der Waals surface area contributed by atoms with Crippen LogP contribution in [-0.2, 0) is 22.0 Å². The van der Waals surface area contributed by atoms with Crippen LogP contribution in [0.25, 0.3) is 0 Å². The van der Waals surface area contributed by atoms with Gasteiger partial charge in [0.25, 0.3) is 0 Å². The van der Waals surface area contributed by atoms with Gasteiger partial charge in [0.2, 0.25) is 5.91 Å². The zero-order chi connectivity index (χ0) is 16.7. The number of benzene rings is 1. The number of carbonyl (C=O) groups is 1. The number of hydrogen-bond acceptors (Lipinski definition) is 5. The van der Waals surface area contributed by atoms with Gasteiger partial charge in [0, 0.05) is 19.5 Å². The van der Waals surface area contributed by atoms with Crippen molar-refractivity contribution in [1.82, 2.24) is 5.32 Å². The van der Waals surface area contributed by atoms with Crippen molar-refractivity contribution < 1.29 is 23.6 Å². The summed E-state index contributed by atoms with van der Waals surface area (Å²) in [4.78, 5) is 11.4. The third-order valence-corrected chi connectivity index (χ3v) is 4.57. The third-order valence-electron chi connectivity index (χ3n) is 2.97. The van der Waals surface area contributed by atoms with Crippen LogP contribution >= 0.6 is 0 Å². The molecular formula is C15H23NO5S. The standard InChI is InChI=1S/C15H23NO5S/c1-10(17)9-22(19)15-8-13(20-3)12(7-14(15)21-4)5-6-16-11(2)18/h7-8,10,17H,5-6,9H2,1-4H3,(H,16,18). The molecule has 0 fully saturated rings. The summed E-state index contributed by atoms with van der Waals surface area (Å²) in [5.41, 5.74) is 0.853. The number of aliphatic hydroxyl groups excluding tert-OH is 1. The summed E-state index contributed by atoms with van der Waals surface area (Å²) in [5.74, 6) is 1.10. The first-order chi connectivity index (χ1) is 10.4. The fraction of sp³-hybridized carbons (Fsp3) is 0.533. The number of carbonyl (C=O) groups excluding carboxylic acids is 1. The Morgan fingerprint density at radius 1 is 1.32 bits per heavy atom. The van der Waals surface area contributed by atoms with Crippen LogP contribution in [0.1, 0.15) is 19.4 Å². The van der Waals surface area contributed by atoms with Crippen molar-refractivity contribution in [3.05, 3.63) is 17.7 Å². The van der Waals surface area contributed by atoms with Crippen LogP contribution in [0.5, 0.6) is 11.5 Å². The molecule has 0 heterocycles. The maximum absolute atomic E-state index is 12.3. The molecule has 0 aromatic heterocycles. The van der Waals surface area contributed by atoms with E-state index in [9.17, 15) is 14.1 Å². The minimum atomic E-state index is -1.38. The molecule has 0 radical (unpaired) electrons. The van der Waals surface area contributed by atoms with Crippen molar-refractivity contribution in [3.63, 3.8) is 0 Å². The average Bonchev–Trinajstić information content (AvgIpc) is 2.45. The molecule has 0 aliphatic heterocycles. The van der Waals surface area contributed by atoms with Gasteiger partial charge in [-0.25, -0.2) is 0 Å². The highest BCUT2D eigenvalue weighted by atomic mass is 32.2. The third kappa shape index (κ3) is 5.31. The Labute approximate surface area is 133 Å². The molecule has 1 amide bonds. The SMILES string of the molecule is COc1cc(S(=O)CC(C)O)c(OC)cc1CCNC(C)=O. The van der Waals surface area contributed by atoms with E-state index in [1.165, 1.54) is 21.1 Å². The van der Waals surface area contributed by atoms with Crippen LogP contribution < -0.4 is 14.8 Å². The fourth-order valence-corrected chi connectivity index (χ4v) is 3.21. The topological polar surface area (TPSA) is 84.9 Å². The number of methoxy groups -OCH3 is 2. The molecule has 1 aromatic rings. The summed E-state index contributed by atoms with van der Waals surface area (Å²) in [7, 11) is 1.65. The molecule has 2 atom stereocenters. The van der Waals surface area contributed by atoms with Crippen LogP contribution in [0.3, 0.4) is 0 Å². The van der Waals surface area contributed by atoms with Gasteiger partial charge in [-0.1, -0.05) is 0 Å². The lowest BCUT2D eigenvalue weighted by Crippen LogP contribution is -2.22. The maximum atomic E-state index is 12.3. The second kappa shape index (κ2) is 8.75. The minimum absolute atomic E-state index is 0.0967. The van der Waals surface area contributed by atoms with Crippen molar-refractivity contribution in [2.75, 3.05) is 26.5 Å². The lowest BCUT2D eigenvalue weighted by Gasteiger charge is -2.15. The highest BCUT2D eigenvalue weighted by Gasteiger charge is 2.17. The first-order valence-corrected chi connectivity index (χ1v) is 8.26. The van der Waals surface area contributed by atoms with Gasteiger partial charge in [-0.05, 0) is 25.0 Å². The first-order valence-electron chi connectivity index (χ1n) is 6.94. The zero-order valence-electron chi connectivity index (χ0n) is 13.3. The van der Waals surface area contributed by atoms with Crippen LogP contribution in [0, 0.1) is 0 Å². The average molecular weight is 329 g/mol. The molecule has 1 aromatic carbocycles. The van der Waals surface area contributed by atoms with Crippen molar-refractivity contribution in [3.8, 4) is 11.5 Å². The van der Waals surface area contributed by atoms with Crippen LogP contribution in [0.2, 0.25) is 0 Å². The number of aliphatic hydroxyl groups is 1.